The Hall–Kier alpha value is -1.88. The van der Waals surface area contributed by atoms with E-state index >= 15 is 0 Å². The van der Waals surface area contributed by atoms with Crippen LogP contribution in [0.15, 0.2) is 41.1 Å². The quantitative estimate of drug-likeness (QED) is 0.855. The zero-order valence-electron chi connectivity index (χ0n) is 10.5. The van der Waals surface area contributed by atoms with Gasteiger partial charge in [-0.1, -0.05) is 0 Å². The molecule has 19 heavy (non-hydrogen) atoms. The van der Waals surface area contributed by atoms with Crippen LogP contribution in [0.2, 0.25) is 0 Å². The molecule has 0 radical (unpaired) electrons. The number of carbonyl (C=O) groups is 1. The average Bonchev–Trinajstić information content (AvgIpc) is 2.40. The van der Waals surface area contributed by atoms with E-state index in [0.29, 0.717) is 17.8 Å². The number of benzene rings is 1. The first-order valence-corrected chi connectivity index (χ1v) is 6.60. The number of nitrogens with two attached hydrogens (primary N) is 1. The lowest BCUT2D eigenvalue weighted by molar-refractivity contribution is 0.0950. The van der Waals surface area contributed by atoms with Gasteiger partial charge in [-0.2, -0.15) is 0 Å². The first-order valence-electron chi connectivity index (χ1n) is 5.80. The molecule has 2 aromatic rings. The van der Waals surface area contributed by atoms with Crippen molar-refractivity contribution in [2.24, 2.45) is 0 Å². The first kappa shape index (κ1) is 13.5. The van der Waals surface area contributed by atoms with E-state index in [-0.39, 0.29) is 5.91 Å². The van der Waals surface area contributed by atoms with Crippen molar-refractivity contribution >= 4 is 27.5 Å². The Morgan fingerprint density at radius 2 is 2.21 bits per heavy atom. The molecule has 0 saturated heterocycles. The summed E-state index contributed by atoms with van der Waals surface area (Å²) in [5.41, 5.74) is 8.88. The minimum Gasteiger partial charge on any atom is -0.399 e. The summed E-state index contributed by atoms with van der Waals surface area (Å²) >= 11 is 3.35. The monoisotopic (exact) mass is 319 g/mol. The van der Waals surface area contributed by atoms with Crippen molar-refractivity contribution in [1.29, 1.82) is 0 Å². The molecular formula is C14H14BrN3O. The van der Waals surface area contributed by atoms with Gasteiger partial charge in [0.2, 0.25) is 0 Å². The highest BCUT2D eigenvalue weighted by Crippen LogP contribution is 2.19. The summed E-state index contributed by atoms with van der Waals surface area (Å²) in [6.07, 6.45) is 3.49. The summed E-state index contributed by atoms with van der Waals surface area (Å²) in [4.78, 5) is 16.1. The minimum absolute atomic E-state index is 0.157. The number of nitrogens with zero attached hydrogens (tertiary/aromatic N) is 1. The molecule has 0 unspecified atom stereocenters. The van der Waals surface area contributed by atoms with Gasteiger partial charge in [0.1, 0.15) is 0 Å². The van der Waals surface area contributed by atoms with Crippen LogP contribution in [0.1, 0.15) is 21.5 Å². The van der Waals surface area contributed by atoms with Crippen LogP contribution in [0.25, 0.3) is 0 Å². The van der Waals surface area contributed by atoms with Crippen molar-refractivity contribution in [2.75, 3.05) is 5.73 Å². The number of halogens is 1. The molecule has 0 aliphatic rings. The highest BCUT2D eigenvalue weighted by atomic mass is 79.9. The van der Waals surface area contributed by atoms with Crippen LogP contribution in [0.4, 0.5) is 5.69 Å². The van der Waals surface area contributed by atoms with Gasteiger partial charge in [0.05, 0.1) is 5.56 Å². The fraction of sp³-hybridized carbons (Fsp3) is 0.143. The van der Waals surface area contributed by atoms with E-state index in [0.717, 1.165) is 15.6 Å². The molecule has 1 amide bonds. The highest BCUT2D eigenvalue weighted by Gasteiger charge is 2.10. The van der Waals surface area contributed by atoms with Crippen molar-refractivity contribution in [3.8, 4) is 0 Å². The molecular weight excluding hydrogens is 306 g/mol. The second-order valence-corrected chi connectivity index (χ2v) is 5.08. The number of carbonyl (C=O) groups excluding carboxylic acids is 1. The Morgan fingerprint density at radius 1 is 1.42 bits per heavy atom. The Morgan fingerprint density at radius 3 is 2.95 bits per heavy atom. The van der Waals surface area contributed by atoms with Crippen LogP contribution in [-0.4, -0.2) is 10.9 Å². The summed E-state index contributed by atoms with van der Waals surface area (Å²) in [6, 6.07) is 7.05. The molecule has 3 N–H and O–H groups in total. The number of hydrogen-bond acceptors (Lipinski definition) is 3. The third-order valence-electron chi connectivity index (χ3n) is 2.81. The maximum atomic E-state index is 12.1. The second-order valence-electron chi connectivity index (χ2n) is 4.22. The first-order chi connectivity index (χ1) is 9.08. The second kappa shape index (κ2) is 5.84. The van der Waals surface area contributed by atoms with Gasteiger partial charge in [0, 0.05) is 29.1 Å². The lowest BCUT2D eigenvalue weighted by Gasteiger charge is -2.09. The van der Waals surface area contributed by atoms with Crippen LogP contribution in [-0.2, 0) is 6.54 Å². The number of hydrogen-bond donors (Lipinski definition) is 2. The maximum Gasteiger partial charge on any atom is 0.252 e. The molecule has 2 rings (SSSR count). The summed E-state index contributed by atoms with van der Waals surface area (Å²) in [5, 5.41) is 2.87. The zero-order chi connectivity index (χ0) is 13.8. The van der Waals surface area contributed by atoms with E-state index in [1.165, 1.54) is 0 Å². The van der Waals surface area contributed by atoms with Crippen LogP contribution in [0.3, 0.4) is 0 Å². The van der Waals surface area contributed by atoms with Crippen molar-refractivity contribution < 1.29 is 4.79 Å². The summed E-state index contributed by atoms with van der Waals surface area (Å²) in [6.45, 7) is 2.43. The predicted octanol–water partition coefficient (Wildman–Crippen LogP) is 2.66. The van der Waals surface area contributed by atoms with Gasteiger partial charge < -0.3 is 11.1 Å². The maximum absolute atomic E-state index is 12.1. The molecule has 0 atom stereocenters. The molecule has 98 valence electrons. The fourth-order valence-electron chi connectivity index (χ4n) is 1.69. The van der Waals surface area contributed by atoms with Crippen molar-refractivity contribution in [3.63, 3.8) is 0 Å². The Kier molecular flexibility index (Phi) is 4.16. The molecule has 1 heterocycles. The molecule has 0 spiro atoms. The van der Waals surface area contributed by atoms with Gasteiger partial charge in [-0.25, -0.2) is 0 Å². The minimum atomic E-state index is -0.157. The van der Waals surface area contributed by atoms with Gasteiger partial charge >= 0.3 is 0 Å². The van der Waals surface area contributed by atoms with E-state index in [9.17, 15) is 4.79 Å². The summed E-state index contributed by atoms with van der Waals surface area (Å²) < 4.78 is 0.727. The Balaban J connectivity index is 2.10. The number of nitrogen functional groups attached to an aromatic ring is 1. The van der Waals surface area contributed by atoms with E-state index in [2.05, 4.69) is 26.2 Å². The average molecular weight is 320 g/mol. The van der Waals surface area contributed by atoms with Crippen LogP contribution < -0.4 is 11.1 Å². The number of nitrogens with one attached hydrogen (secondary N) is 1. The van der Waals surface area contributed by atoms with Crippen LogP contribution in [0.5, 0.6) is 0 Å². The molecule has 1 aromatic carbocycles. The SMILES string of the molecule is Cc1cnccc1CNC(=O)c1cc(N)ccc1Br. The van der Waals surface area contributed by atoms with Gasteiger partial charge in [0.15, 0.2) is 0 Å². The Labute approximate surface area is 120 Å². The molecule has 0 bridgehead atoms. The topological polar surface area (TPSA) is 68.0 Å². The molecule has 4 nitrogen and oxygen atoms in total. The number of aryl methyl sites for hydroxylation is 1. The molecule has 0 fully saturated rings. The predicted molar refractivity (Wildman–Crippen MR) is 78.7 cm³/mol. The van der Waals surface area contributed by atoms with Crippen molar-refractivity contribution in [1.82, 2.24) is 10.3 Å². The molecule has 0 aliphatic carbocycles. The normalized spacial score (nSPS) is 10.2. The van der Waals surface area contributed by atoms with Crippen molar-refractivity contribution in [3.05, 3.63) is 57.8 Å². The third kappa shape index (κ3) is 3.32. The van der Waals surface area contributed by atoms with Gasteiger partial charge in [-0.05, 0) is 58.2 Å². The molecule has 0 saturated carbocycles. The Bertz CT molecular complexity index is 613. The van der Waals surface area contributed by atoms with Crippen molar-refractivity contribution in [2.45, 2.75) is 13.5 Å². The molecule has 5 heteroatoms. The number of amides is 1. The third-order valence-corrected chi connectivity index (χ3v) is 3.50. The zero-order valence-corrected chi connectivity index (χ0v) is 12.1. The fourth-order valence-corrected chi connectivity index (χ4v) is 2.11. The summed E-state index contributed by atoms with van der Waals surface area (Å²) in [7, 11) is 0. The number of aromatic nitrogens is 1. The highest BCUT2D eigenvalue weighted by molar-refractivity contribution is 9.10. The smallest absolute Gasteiger partial charge is 0.252 e. The van der Waals surface area contributed by atoms with Crippen LogP contribution in [0, 0.1) is 6.92 Å². The van der Waals surface area contributed by atoms with E-state index in [1.54, 1.807) is 30.6 Å². The van der Waals surface area contributed by atoms with E-state index in [1.807, 2.05) is 13.0 Å². The van der Waals surface area contributed by atoms with Crippen LogP contribution >= 0.6 is 15.9 Å². The number of anilines is 1. The molecule has 1 aromatic heterocycles. The lowest BCUT2D eigenvalue weighted by atomic mass is 10.1. The van der Waals surface area contributed by atoms with E-state index in [4.69, 9.17) is 5.73 Å². The van der Waals surface area contributed by atoms with Gasteiger partial charge in [-0.3, -0.25) is 9.78 Å². The lowest BCUT2D eigenvalue weighted by Crippen LogP contribution is -2.23. The molecule has 0 aliphatic heterocycles. The van der Waals surface area contributed by atoms with Gasteiger partial charge in [-0.15, -0.1) is 0 Å². The summed E-state index contributed by atoms with van der Waals surface area (Å²) in [5.74, 6) is -0.157. The van der Waals surface area contributed by atoms with E-state index < -0.39 is 0 Å². The number of rotatable bonds is 3. The number of pyridine rings is 1. The van der Waals surface area contributed by atoms with Gasteiger partial charge in [0.25, 0.3) is 5.91 Å². The largest absolute Gasteiger partial charge is 0.399 e. The standard InChI is InChI=1S/C14H14BrN3O/c1-9-7-17-5-4-10(9)8-18-14(19)12-6-11(16)2-3-13(12)15/h2-7H,8,16H2,1H3,(H,18,19).